The fourth-order valence-electron chi connectivity index (χ4n) is 1.91. The normalized spacial score (nSPS) is 11.3. The third kappa shape index (κ3) is 3.36. The first kappa shape index (κ1) is 14.5. The Kier molecular flexibility index (Phi) is 4.39. The van der Waals surface area contributed by atoms with Crippen molar-refractivity contribution < 1.29 is 4.79 Å². The molecule has 1 heterocycles. The molecule has 20 heavy (non-hydrogen) atoms. The van der Waals surface area contributed by atoms with Crippen molar-refractivity contribution >= 4 is 22.9 Å². The number of carbonyl (C=O) groups is 1. The Hall–Kier alpha value is -1.88. The number of rotatable bonds is 5. The van der Waals surface area contributed by atoms with Gasteiger partial charge in [-0.1, -0.05) is 12.1 Å². The Morgan fingerprint density at radius 2 is 2.05 bits per heavy atom. The Labute approximate surface area is 123 Å². The summed E-state index contributed by atoms with van der Waals surface area (Å²) in [6.45, 7) is 4.43. The van der Waals surface area contributed by atoms with E-state index in [-0.39, 0.29) is 5.91 Å². The molecule has 1 amide bonds. The van der Waals surface area contributed by atoms with E-state index in [0.29, 0.717) is 12.2 Å². The lowest BCUT2D eigenvalue weighted by Gasteiger charge is -2.24. The van der Waals surface area contributed by atoms with Gasteiger partial charge in [0.2, 0.25) is 5.91 Å². The van der Waals surface area contributed by atoms with Crippen LogP contribution in [0.15, 0.2) is 35.8 Å². The van der Waals surface area contributed by atoms with Crippen molar-refractivity contribution in [1.82, 2.24) is 10.3 Å². The average molecular weight is 289 g/mol. The highest BCUT2D eigenvalue weighted by Gasteiger charge is 2.29. The van der Waals surface area contributed by atoms with Gasteiger partial charge >= 0.3 is 0 Å². The molecule has 0 saturated heterocycles. The second-order valence-corrected chi connectivity index (χ2v) is 6.16. The zero-order valence-corrected chi connectivity index (χ0v) is 12.5. The minimum absolute atomic E-state index is 0.0128. The molecule has 0 unspecified atom stereocenters. The lowest BCUT2D eigenvalue weighted by Crippen LogP contribution is -2.40. The number of hydrogen-bond donors (Lipinski definition) is 2. The van der Waals surface area contributed by atoms with Crippen molar-refractivity contribution in [2.45, 2.75) is 25.7 Å². The van der Waals surface area contributed by atoms with Gasteiger partial charge in [-0.15, -0.1) is 11.3 Å². The lowest BCUT2D eigenvalue weighted by molar-refractivity contribution is -0.125. The highest BCUT2D eigenvalue weighted by molar-refractivity contribution is 7.09. The van der Waals surface area contributed by atoms with E-state index in [1.165, 1.54) is 0 Å². The van der Waals surface area contributed by atoms with Crippen molar-refractivity contribution in [3.05, 3.63) is 46.4 Å². The van der Waals surface area contributed by atoms with Gasteiger partial charge < -0.3 is 11.1 Å². The molecule has 0 fully saturated rings. The van der Waals surface area contributed by atoms with Gasteiger partial charge in [-0.05, 0) is 31.5 Å². The second kappa shape index (κ2) is 6.05. The molecule has 3 N–H and O–H groups in total. The molecule has 0 atom stereocenters. The van der Waals surface area contributed by atoms with Crippen LogP contribution in [-0.2, 0) is 16.6 Å². The number of hydrogen-bond acceptors (Lipinski definition) is 4. The number of nitrogens with zero attached hydrogens (tertiary/aromatic N) is 1. The standard InChI is InChI=1S/C15H19N3OS/c1-15(2,11-3-5-12(16)6-4-11)14(19)18-8-7-13-17-9-10-20-13/h3-6,9-10H,7-8,16H2,1-2H3,(H,18,19). The minimum Gasteiger partial charge on any atom is -0.399 e. The molecule has 4 nitrogen and oxygen atoms in total. The fraction of sp³-hybridized carbons (Fsp3) is 0.333. The summed E-state index contributed by atoms with van der Waals surface area (Å²) in [6.07, 6.45) is 2.54. The van der Waals surface area contributed by atoms with E-state index < -0.39 is 5.41 Å². The molecular formula is C15H19N3OS. The number of benzene rings is 1. The summed E-state index contributed by atoms with van der Waals surface area (Å²) in [4.78, 5) is 16.5. The first-order valence-corrected chi connectivity index (χ1v) is 7.41. The van der Waals surface area contributed by atoms with Crippen molar-refractivity contribution in [3.63, 3.8) is 0 Å². The van der Waals surface area contributed by atoms with Gasteiger partial charge in [0.05, 0.1) is 10.4 Å². The number of nitrogen functional groups attached to an aromatic ring is 1. The van der Waals surface area contributed by atoms with Crippen LogP contribution >= 0.6 is 11.3 Å². The molecule has 0 radical (unpaired) electrons. The maximum Gasteiger partial charge on any atom is 0.230 e. The Morgan fingerprint density at radius 3 is 2.65 bits per heavy atom. The highest BCUT2D eigenvalue weighted by atomic mass is 32.1. The fourth-order valence-corrected chi connectivity index (χ4v) is 2.53. The Balaban J connectivity index is 1.94. The number of carbonyl (C=O) groups excluding carboxylic acids is 1. The second-order valence-electron chi connectivity index (χ2n) is 5.18. The first-order valence-electron chi connectivity index (χ1n) is 6.53. The number of nitrogens with one attached hydrogen (secondary N) is 1. The molecule has 0 aliphatic rings. The zero-order chi connectivity index (χ0) is 14.6. The molecule has 1 aromatic carbocycles. The van der Waals surface area contributed by atoms with Crippen LogP contribution in [0, 0.1) is 0 Å². The maximum atomic E-state index is 12.3. The van der Waals surface area contributed by atoms with E-state index in [2.05, 4.69) is 10.3 Å². The Bertz CT molecular complexity index is 561. The molecule has 106 valence electrons. The van der Waals surface area contributed by atoms with Gasteiger partial charge in [-0.25, -0.2) is 4.98 Å². The molecule has 5 heteroatoms. The highest BCUT2D eigenvalue weighted by Crippen LogP contribution is 2.24. The average Bonchev–Trinajstić information content (AvgIpc) is 2.92. The van der Waals surface area contributed by atoms with Gasteiger partial charge in [0.15, 0.2) is 0 Å². The molecule has 0 aliphatic carbocycles. The van der Waals surface area contributed by atoms with Crippen molar-refractivity contribution in [2.24, 2.45) is 0 Å². The summed E-state index contributed by atoms with van der Waals surface area (Å²) in [5.41, 5.74) is 6.76. The van der Waals surface area contributed by atoms with Crippen LogP contribution < -0.4 is 11.1 Å². The molecule has 0 spiro atoms. The largest absolute Gasteiger partial charge is 0.399 e. The van der Waals surface area contributed by atoms with Crippen LogP contribution in [0.25, 0.3) is 0 Å². The van der Waals surface area contributed by atoms with Crippen LogP contribution in [0.4, 0.5) is 5.69 Å². The topological polar surface area (TPSA) is 68.0 Å². The summed E-state index contributed by atoms with van der Waals surface area (Å²) in [5, 5.41) is 5.95. The molecule has 1 aromatic heterocycles. The van der Waals surface area contributed by atoms with Gasteiger partial charge in [0.1, 0.15) is 0 Å². The molecule has 0 aliphatic heterocycles. The van der Waals surface area contributed by atoms with Crippen molar-refractivity contribution in [2.75, 3.05) is 12.3 Å². The van der Waals surface area contributed by atoms with Crippen LogP contribution in [0.5, 0.6) is 0 Å². The van der Waals surface area contributed by atoms with E-state index in [4.69, 9.17) is 5.73 Å². The summed E-state index contributed by atoms with van der Waals surface area (Å²) >= 11 is 1.60. The lowest BCUT2D eigenvalue weighted by atomic mass is 9.83. The van der Waals surface area contributed by atoms with E-state index in [1.807, 2.05) is 43.5 Å². The van der Waals surface area contributed by atoms with Crippen LogP contribution in [0.2, 0.25) is 0 Å². The summed E-state index contributed by atoms with van der Waals surface area (Å²) in [5.74, 6) is 0.0128. The van der Waals surface area contributed by atoms with Crippen molar-refractivity contribution in [3.8, 4) is 0 Å². The predicted molar refractivity (Wildman–Crippen MR) is 82.7 cm³/mol. The third-order valence-corrected chi connectivity index (χ3v) is 4.15. The quantitative estimate of drug-likeness (QED) is 0.830. The molecule has 2 aromatic rings. The molecule has 2 rings (SSSR count). The van der Waals surface area contributed by atoms with Crippen molar-refractivity contribution in [1.29, 1.82) is 0 Å². The van der Waals surface area contributed by atoms with Gasteiger partial charge in [-0.3, -0.25) is 4.79 Å². The SMILES string of the molecule is CC(C)(C(=O)NCCc1nccs1)c1ccc(N)cc1. The zero-order valence-electron chi connectivity index (χ0n) is 11.7. The number of aromatic nitrogens is 1. The molecule has 0 saturated carbocycles. The van der Waals surface area contributed by atoms with Gasteiger partial charge in [-0.2, -0.15) is 0 Å². The third-order valence-electron chi connectivity index (χ3n) is 3.31. The number of thiazole rings is 1. The summed E-state index contributed by atoms with van der Waals surface area (Å²) in [6, 6.07) is 7.44. The van der Waals surface area contributed by atoms with Crippen LogP contribution in [0.1, 0.15) is 24.4 Å². The molecular weight excluding hydrogens is 270 g/mol. The minimum atomic E-state index is -0.573. The predicted octanol–water partition coefficient (Wildman–Crippen LogP) is 2.36. The molecule has 0 bridgehead atoms. The number of nitrogens with two attached hydrogens (primary N) is 1. The van der Waals surface area contributed by atoms with Gasteiger partial charge in [0.25, 0.3) is 0 Å². The van der Waals surface area contributed by atoms with Crippen LogP contribution in [0.3, 0.4) is 0 Å². The Morgan fingerprint density at radius 1 is 1.35 bits per heavy atom. The smallest absolute Gasteiger partial charge is 0.230 e. The van der Waals surface area contributed by atoms with E-state index in [0.717, 1.165) is 17.0 Å². The van der Waals surface area contributed by atoms with Gasteiger partial charge in [0, 0.05) is 30.2 Å². The van der Waals surface area contributed by atoms with E-state index in [9.17, 15) is 4.79 Å². The number of anilines is 1. The summed E-state index contributed by atoms with van der Waals surface area (Å²) in [7, 11) is 0. The van der Waals surface area contributed by atoms with E-state index >= 15 is 0 Å². The monoisotopic (exact) mass is 289 g/mol. The number of amides is 1. The first-order chi connectivity index (χ1) is 9.50. The summed E-state index contributed by atoms with van der Waals surface area (Å²) < 4.78 is 0. The van der Waals surface area contributed by atoms with E-state index in [1.54, 1.807) is 17.5 Å². The van der Waals surface area contributed by atoms with Crippen LogP contribution in [-0.4, -0.2) is 17.4 Å². The maximum absolute atomic E-state index is 12.3.